The minimum atomic E-state index is -5.70. The molecule has 4 nitrogen and oxygen atoms in total. The number of carboxylic acid groups (broad SMARTS) is 1. The summed E-state index contributed by atoms with van der Waals surface area (Å²) in [5, 5.41) is 8.36. The molecule has 18 heavy (non-hydrogen) atoms. The minimum Gasteiger partial charge on any atom is -0.475 e. The molecule has 0 aliphatic carbocycles. The van der Waals surface area contributed by atoms with Crippen molar-refractivity contribution in [1.82, 2.24) is 0 Å². The Balaban J connectivity index is 2.94. The minimum absolute atomic E-state index is 0.550. The smallest absolute Gasteiger partial charge is 0.434 e. The van der Waals surface area contributed by atoms with E-state index in [1.807, 2.05) is 0 Å². The second kappa shape index (κ2) is 4.42. The van der Waals surface area contributed by atoms with Gasteiger partial charge >= 0.3 is 18.3 Å². The molecule has 1 aromatic heterocycles. The monoisotopic (exact) mass is 278 g/mol. The molecular formula is C8H4F6O4. The van der Waals surface area contributed by atoms with Gasteiger partial charge < -0.3 is 14.3 Å². The fourth-order valence-electron chi connectivity index (χ4n) is 0.934. The van der Waals surface area contributed by atoms with Crippen LogP contribution >= 0.6 is 0 Å². The number of hydrogen-bond acceptors (Lipinski definition) is 3. The van der Waals surface area contributed by atoms with Gasteiger partial charge in [0, 0.05) is 6.07 Å². The molecule has 0 amide bonds. The van der Waals surface area contributed by atoms with Gasteiger partial charge in [0.2, 0.25) is 5.76 Å². The van der Waals surface area contributed by atoms with E-state index in [1.54, 1.807) is 0 Å². The lowest BCUT2D eigenvalue weighted by Crippen LogP contribution is -2.46. The molecule has 0 atom stereocenters. The van der Waals surface area contributed by atoms with E-state index < -0.39 is 36.1 Å². The Bertz CT molecular complexity index is 418. The largest absolute Gasteiger partial charge is 0.475 e. The molecule has 0 bridgehead atoms. The lowest BCUT2D eigenvalue weighted by molar-refractivity contribution is -0.302. The maximum absolute atomic E-state index is 12.1. The number of ether oxygens (including phenoxy) is 1. The second-order valence-electron chi connectivity index (χ2n) is 3.00. The lowest BCUT2D eigenvalue weighted by atomic mass is 10.3. The van der Waals surface area contributed by atoms with Gasteiger partial charge in [0.05, 0.1) is 0 Å². The van der Waals surface area contributed by atoms with Crippen LogP contribution in [0.25, 0.3) is 0 Å². The molecule has 102 valence electrons. The van der Waals surface area contributed by atoms with Gasteiger partial charge in [-0.15, -0.1) is 0 Å². The van der Waals surface area contributed by atoms with Crippen molar-refractivity contribution in [3.05, 3.63) is 17.9 Å². The van der Waals surface area contributed by atoms with Gasteiger partial charge in [-0.25, -0.2) is 4.79 Å². The van der Waals surface area contributed by atoms with Gasteiger partial charge in [-0.2, -0.15) is 26.3 Å². The van der Waals surface area contributed by atoms with Crippen molar-refractivity contribution in [3.8, 4) is 5.95 Å². The molecule has 0 saturated carbocycles. The highest BCUT2D eigenvalue weighted by Crippen LogP contribution is 2.36. The Morgan fingerprint density at radius 2 is 1.67 bits per heavy atom. The zero-order valence-electron chi connectivity index (χ0n) is 8.17. The van der Waals surface area contributed by atoms with Crippen LogP contribution in [0.1, 0.15) is 10.6 Å². The third kappa shape index (κ3) is 3.31. The molecule has 0 fully saturated rings. The van der Waals surface area contributed by atoms with E-state index in [2.05, 4.69) is 9.15 Å². The summed E-state index contributed by atoms with van der Waals surface area (Å²) in [5.41, 5.74) is 0. The summed E-state index contributed by atoms with van der Waals surface area (Å²) in [7, 11) is 0. The highest BCUT2D eigenvalue weighted by Gasteiger charge is 2.59. The predicted octanol–water partition coefficient (Wildman–Crippen LogP) is 2.85. The molecule has 0 spiro atoms. The van der Waals surface area contributed by atoms with E-state index >= 15 is 0 Å². The van der Waals surface area contributed by atoms with Crippen molar-refractivity contribution < 1.29 is 45.4 Å². The molecule has 10 heteroatoms. The fraction of sp³-hybridized carbons (Fsp3) is 0.375. The van der Waals surface area contributed by atoms with Gasteiger partial charge in [0.25, 0.3) is 12.1 Å². The van der Waals surface area contributed by atoms with E-state index in [1.165, 1.54) is 0 Å². The summed E-state index contributed by atoms with van der Waals surface area (Å²) in [4.78, 5) is 10.3. The molecule has 1 N–H and O–H groups in total. The number of halogens is 6. The lowest BCUT2D eigenvalue weighted by Gasteiger charge is -2.22. The highest BCUT2D eigenvalue weighted by atomic mass is 19.4. The zero-order valence-corrected chi connectivity index (χ0v) is 8.17. The number of carbonyl (C=O) groups is 1. The van der Waals surface area contributed by atoms with Crippen LogP contribution in [0.2, 0.25) is 0 Å². The summed E-state index contributed by atoms with van der Waals surface area (Å²) in [6.07, 6.45) is -15.5. The van der Waals surface area contributed by atoms with Gasteiger partial charge in [0.15, 0.2) is 0 Å². The number of rotatable bonds is 3. The maximum Gasteiger partial charge on any atom is 0.434 e. The van der Waals surface area contributed by atoms with Crippen molar-refractivity contribution >= 4 is 5.97 Å². The van der Waals surface area contributed by atoms with E-state index in [0.717, 1.165) is 0 Å². The fourth-order valence-corrected chi connectivity index (χ4v) is 0.934. The Hall–Kier alpha value is -1.87. The normalized spacial score (nSPS) is 12.8. The van der Waals surface area contributed by atoms with E-state index in [-0.39, 0.29) is 0 Å². The van der Waals surface area contributed by atoms with Crippen LogP contribution in [0, 0.1) is 0 Å². The summed E-state index contributed by atoms with van der Waals surface area (Å²) >= 11 is 0. The Morgan fingerprint density at radius 3 is 2.00 bits per heavy atom. The summed E-state index contributed by atoms with van der Waals surface area (Å²) in [6.45, 7) is 0. The van der Waals surface area contributed by atoms with Crippen LogP contribution in [0.5, 0.6) is 5.95 Å². The number of alkyl halides is 6. The number of aromatic carboxylic acids is 1. The molecule has 0 aliphatic rings. The molecule has 1 rings (SSSR count). The van der Waals surface area contributed by atoms with Gasteiger partial charge in [-0.05, 0) is 6.07 Å². The highest BCUT2D eigenvalue weighted by molar-refractivity contribution is 5.84. The first kappa shape index (κ1) is 14.2. The summed E-state index contributed by atoms with van der Waals surface area (Å²) < 4.78 is 80.1. The van der Waals surface area contributed by atoms with Gasteiger partial charge in [-0.1, -0.05) is 0 Å². The first-order valence-corrected chi connectivity index (χ1v) is 4.15. The van der Waals surface area contributed by atoms with E-state index in [9.17, 15) is 31.1 Å². The van der Waals surface area contributed by atoms with Crippen LogP contribution in [0.3, 0.4) is 0 Å². The summed E-state index contributed by atoms with van der Waals surface area (Å²) in [6, 6.07) is 1.22. The molecule has 0 saturated heterocycles. The first-order valence-electron chi connectivity index (χ1n) is 4.15. The van der Waals surface area contributed by atoms with Crippen molar-refractivity contribution in [2.75, 3.05) is 0 Å². The molecule has 0 aliphatic heterocycles. The Morgan fingerprint density at radius 1 is 1.17 bits per heavy atom. The standard InChI is InChI=1S/C8H4F6O4/c9-7(10,11)6(8(12,13)14)18-4-2-1-3(17-4)5(15)16/h1-2,6H,(H,15,16). The third-order valence-corrected chi connectivity index (χ3v) is 1.62. The van der Waals surface area contributed by atoms with Crippen LogP contribution in [0.4, 0.5) is 26.3 Å². The van der Waals surface area contributed by atoms with Crippen molar-refractivity contribution in [2.24, 2.45) is 0 Å². The third-order valence-electron chi connectivity index (χ3n) is 1.62. The summed E-state index contributed by atoms with van der Waals surface area (Å²) in [5.74, 6) is -3.68. The number of hydrogen-bond donors (Lipinski definition) is 1. The molecular weight excluding hydrogens is 274 g/mol. The average molecular weight is 278 g/mol. The molecule has 1 heterocycles. The molecule has 0 radical (unpaired) electrons. The van der Waals surface area contributed by atoms with Crippen molar-refractivity contribution in [3.63, 3.8) is 0 Å². The quantitative estimate of drug-likeness (QED) is 0.864. The van der Waals surface area contributed by atoms with Crippen molar-refractivity contribution in [2.45, 2.75) is 18.5 Å². The molecule has 0 aromatic carbocycles. The number of furan rings is 1. The van der Waals surface area contributed by atoms with Gasteiger partial charge in [0.1, 0.15) is 0 Å². The van der Waals surface area contributed by atoms with Crippen LogP contribution in [0.15, 0.2) is 16.5 Å². The maximum atomic E-state index is 12.1. The Kier molecular flexibility index (Phi) is 3.49. The van der Waals surface area contributed by atoms with Crippen molar-refractivity contribution in [1.29, 1.82) is 0 Å². The van der Waals surface area contributed by atoms with Gasteiger partial charge in [-0.3, -0.25) is 0 Å². The average Bonchev–Trinajstić information content (AvgIpc) is 2.58. The van der Waals surface area contributed by atoms with Crippen LogP contribution in [-0.4, -0.2) is 29.5 Å². The number of carboxylic acids is 1. The van der Waals surface area contributed by atoms with Crippen LogP contribution < -0.4 is 4.74 Å². The zero-order chi connectivity index (χ0) is 14.1. The second-order valence-corrected chi connectivity index (χ2v) is 3.00. The SMILES string of the molecule is O=C(O)c1ccc(OC(C(F)(F)F)C(F)(F)F)o1. The first-order chi connectivity index (χ1) is 8.01. The van der Waals surface area contributed by atoms with E-state index in [0.29, 0.717) is 12.1 Å². The molecule has 1 aromatic rings. The predicted molar refractivity (Wildman–Crippen MR) is 42.2 cm³/mol. The Labute approximate surface area is 94.7 Å². The van der Waals surface area contributed by atoms with E-state index in [4.69, 9.17) is 5.11 Å². The molecule has 0 unspecified atom stereocenters. The topological polar surface area (TPSA) is 59.7 Å². The van der Waals surface area contributed by atoms with Crippen LogP contribution in [-0.2, 0) is 0 Å².